The summed E-state index contributed by atoms with van der Waals surface area (Å²) in [5.74, 6) is 0.655. The highest BCUT2D eigenvalue weighted by molar-refractivity contribution is 6.31. The van der Waals surface area contributed by atoms with Crippen LogP contribution in [0.2, 0.25) is 5.02 Å². The van der Waals surface area contributed by atoms with Gasteiger partial charge in [0.1, 0.15) is 5.75 Å². The molecule has 0 atom stereocenters. The van der Waals surface area contributed by atoms with Crippen LogP contribution in [0.25, 0.3) is 0 Å². The predicted molar refractivity (Wildman–Crippen MR) is 76.4 cm³/mol. The highest BCUT2D eigenvalue weighted by Gasteiger charge is 2.19. The van der Waals surface area contributed by atoms with Crippen molar-refractivity contribution < 1.29 is 9.53 Å². The zero-order valence-electron chi connectivity index (χ0n) is 11.3. The van der Waals surface area contributed by atoms with Gasteiger partial charge in [-0.2, -0.15) is 0 Å². The quantitative estimate of drug-likeness (QED) is 0.855. The average Bonchev–Trinajstić information content (AvgIpc) is 2.42. The Morgan fingerprint density at radius 3 is 2.74 bits per heavy atom. The van der Waals surface area contributed by atoms with Crippen molar-refractivity contribution in [2.75, 3.05) is 39.8 Å². The van der Waals surface area contributed by atoms with Crippen LogP contribution < -0.4 is 10.1 Å². The Kier molecular flexibility index (Phi) is 4.80. The number of hydrogen-bond donors (Lipinski definition) is 1. The number of aryl methyl sites for hydroxylation is 1. The number of piperazine rings is 1. The second-order valence-corrected chi connectivity index (χ2v) is 5.16. The molecule has 1 aliphatic rings. The predicted octanol–water partition coefficient (Wildman–Crippen LogP) is 1.74. The molecule has 0 aromatic heterocycles. The van der Waals surface area contributed by atoms with Gasteiger partial charge in [0.05, 0.1) is 19.2 Å². The molecule has 0 spiro atoms. The molecule has 0 aliphatic carbocycles. The lowest BCUT2D eigenvalue weighted by Crippen LogP contribution is -2.45. The standard InChI is InChI=1S/C14H19ClN2O2/c1-10-7-14(19-2)11(8-12(10)15)13(18)9-17-5-3-16-4-6-17/h7-8,16H,3-6,9H2,1-2H3. The van der Waals surface area contributed by atoms with E-state index in [0.717, 1.165) is 31.7 Å². The molecule has 0 amide bonds. The Balaban J connectivity index is 2.15. The van der Waals surface area contributed by atoms with Gasteiger partial charge < -0.3 is 10.1 Å². The molecule has 2 rings (SSSR count). The van der Waals surface area contributed by atoms with E-state index in [9.17, 15) is 4.79 Å². The zero-order chi connectivity index (χ0) is 13.8. The number of Topliss-reactive ketones (excluding diaryl/α,β-unsaturated/α-hetero) is 1. The Bertz CT molecular complexity index is 471. The minimum Gasteiger partial charge on any atom is -0.496 e. The fourth-order valence-corrected chi connectivity index (χ4v) is 2.36. The number of nitrogens with zero attached hydrogens (tertiary/aromatic N) is 1. The maximum absolute atomic E-state index is 12.4. The van der Waals surface area contributed by atoms with Gasteiger partial charge in [-0.05, 0) is 24.6 Å². The van der Waals surface area contributed by atoms with Crippen molar-refractivity contribution in [3.63, 3.8) is 0 Å². The molecular formula is C14H19ClN2O2. The van der Waals surface area contributed by atoms with Gasteiger partial charge in [0, 0.05) is 31.2 Å². The molecular weight excluding hydrogens is 264 g/mol. The first-order chi connectivity index (χ1) is 9.11. The second-order valence-electron chi connectivity index (χ2n) is 4.75. The molecule has 1 fully saturated rings. The van der Waals surface area contributed by atoms with Crippen LogP contribution in [0.1, 0.15) is 15.9 Å². The van der Waals surface area contributed by atoms with Crippen molar-refractivity contribution >= 4 is 17.4 Å². The van der Waals surface area contributed by atoms with Crippen molar-refractivity contribution in [2.24, 2.45) is 0 Å². The van der Waals surface area contributed by atoms with Gasteiger partial charge >= 0.3 is 0 Å². The Morgan fingerprint density at radius 1 is 1.42 bits per heavy atom. The van der Waals surface area contributed by atoms with Crippen LogP contribution in [0.4, 0.5) is 0 Å². The van der Waals surface area contributed by atoms with E-state index in [1.54, 1.807) is 13.2 Å². The molecule has 104 valence electrons. The molecule has 0 bridgehead atoms. The van der Waals surface area contributed by atoms with E-state index in [1.807, 2.05) is 13.0 Å². The smallest absolute Gasteiger partial charge is 0.180 e. The molecule has 19 heavy (non-hydrogen) atoms. The third kappa shape index (κ3) is 3.47. The zero-order valence-corrected chi connectivity index (χ0v) is 12.1. The first-order valence-electron chi connectivity index (χ1n) is 6.42. The van der Waals surface area contributed by atoms with Crippen molar-refractivity contribution in [2.45, 2.75) is 6.92 Å². The molecule has 0 unspecified atom stereocenters. The fourth-order valence-electron chi connectivity index (χ4n) is 2.20. The molecule has 1 aromatic carbocycles. The highest BCUT2D eigenvalue weighted by atomic mass is 35.5. The van der Waals surface area contributed by atoms with Crippen LogP contribution in [0.15, 0.2) is 12.1 Å². The molecule has 1 aliphatic heterocycles. The summed E-state index contributed by atoms with van der Waals surface area (Å²) < 4.78 is 5.28. The molecule has 0 radical (unpaired) electrons. The Hall–Kier alpha value is -1.10. The largest absolute Gasteiger partial charge is 0.496 e. The van der Waals surface area contributed by atoms with E-state index < -0.39 is 0 Å². The molecule has 4 nitrogen and oxygen atoms in total. The number of ether oxygens (including phenoxy) is 1. The molecule has 1 saturated heterocycles. The molecule has 0 saturated carbocycles. The molecule has 1 aromatic rings. The van der Waals surface area contributed by atoms with E-state index >= 15 is 0 Å². The number of carbonyl (C=O) groups excluding carboxylic acids is 1. The number of methoxy groups -OCH3 is 1. The van der Waals surface area contributed by atoms with Gasteiger partial charge in [0.25, 0.3) is 0 Å². The number of benzene rings is 1. The normalized spacial score (nSPS) is 16.4. The monoisotopic (exact) mass is 282 g/mol. The van der Waals surface area contributed by atoms with E-state index in [2.05, 4.69) is 10.2 Å². The maximum atomic E-state index is 12.4. The third-order valence-corrected chi connectivity index (χ3v) is 3.77. The van der Waals surface area contributed by atoms with Crippen LogP contribution >= 0.6 is 11.6 Å². The van der Waals surface area contributed by atoms with Gasteiger partial charge in [-0.25, -0.2) is 0 Å². The van der Waals surface area contributed by atoms with E-state index in [0.29, 0.717) is 22.9 Å². The van der Waals surface area contributed by atoms with Crippen molar-refractivity contribution in [1.29, 1.82) is 0 Å². The summed E-state index contributed by atoms with van der Waals surface area (Å²) in [5, 5.41) is 3.87. The number of hydrogen-bond acceptors (Lipinski definition) is 4. The number of nitrogens with one attached hydrogen (secondary N) is 1. The Labute approximate surface area is 118 Å². The van der Waals surface area contributed by atoms with Gasteiger partial charge in [-0.15, -0.1) is 0 Å². The molecule has 1 heterocycles. The lowest BCUT2D eigenvalue weighted by molar-refractivity contribution is 0.0918. The summed E-state index contributed by atoms with van der Waals surface area (Å²) in [6, 6.07) is 3.52. The van der Waals surface area contributed by atoms with Gasteiger partial charge in [-0.1, -0.05) is 11.6 Å². The summed E-state index contributed by atoms with van der Waals surface area (Å²) in [6.07, 6.45) is 0. The molecule has 5 heteroatoms. The van der Waals surface area contributed by atoms with Crippen molar-refractivity contribution in [3.05, 3.63) is 28.3 Å². The van der Waals surface area contributed by atoms with Crippen LogP contribution in [0.3, 0.4) is 0 Å². The first kappa shape index (κ1) is 14.3. The highest BCUT2D eigenvalue weighted by Crippen LogP contribution is 2.27. The number of ketones is 1. The maximum Gasteiger partial charge on any atom is 0.180 e. The summed E-state index contributed by atoms with van der Waals surface area (Å²) in [5.41, 5.74) is 1.48. The SMILES string of the molecule is COc1cc(C)c(Cl)cc1C(=O)CN1CCNCC1. The van der Waals surface area contributed by atoms with Gasteiger partial charge in [0.2, 0.25) is 0 Å². The summed E-state index contributed by atoms with van der Waals surface area (Å²) in [6.45, 7) is 5.96. The topological polar surface area (TPSA) is 41.6 Å². The summed E-state index contributed by atoms with van der Waals surface area (Å²) in [7, 11) is 1.57. The van der Waals surface area contributed by atoms with Crippen LogP contribution in [0, 0.1) is 6.92 Å². The van der Waals surface area contributed by atoms with Gasteiger partial charge in [0.15, 0.2) is 5.78 Å². The Morgan fingerprint density at radius 2 is 2.11 bits per heavy atom. The van der Waals surface area contributed by atoms with E-state index in [4.69, 9.17) is 16.3 Å². The minimum atomic E-state index is 0.0562. The van der Waals surface area contributed by atoms with Crippen LogP contribution in [0.5, 0.6) is 5.75 Å². The average molecular weight is 283 g/mol. The number of carbonyl (C=O) groups is 1. The summed E-state index contributed by atoms with van der Waals surface area (Å²) >= 11 is 6.10. The lowest BCUT2D eigenvalue weighted by atomic mass is 10.1. The second kappa shape index (κ2) is 6.37. The number of halogens is 1. The molecule has 1 N–H and O–H groups in total. The lowest BCUT2D eigenvalue weighted by Gasteiger charge is -2.26. The fraction of sp³-hybridized carbons (Fsp3) is 0.500. The third-order valence-electron chi connectivity index (χ3n) is 3.36. The van der Waals surface area contributed by atoms with Crippen LogP contribution in [-0.2, 0) is 0 Å². The van der Waals surface area contributed by atoms with Crippen LogP contribution in [-0.4, -0.2) is 50.5 Å². The van der Waals surface area contributed by atoms with Crippen molar-refractivity contribution in [1.82, 2.24) is 10.2 Å². The van der Waals surface area contributed by atoms with E-state index in [-0.39, 0.29) is 5.78 Å². The van der Waals surface area contributed by atoms with Crippen molar-refractivity contribution in [3.8, 4) is 5.75 Å². The summed E-state index contributed by atoms with van der Waals surface area (Å²) in [4.78, 5) is 14.5. The minimum absolute atomic E-state index is 0.0562. The van der Waals surface area contributed by atoms with Gasteiger partial charge in [-0.3, -0.25) is 9.69 Å². The number of rotatable bonds is 4. The first-order valence-corrected chi connectivity index (χ1v) is 6.80. The van der Waals surface area contributed by atoms with E-state index in [1.165, 1.54) is 0 Å².